The molecule has 1 aliphatic heterocycles. The van der Waals surface area contributed by atoms with E-state index in [4.69, 9.17) is 0 Å². The summed E-state index contributed by atoms with van der Waals surface area (Å²) in [6.07, 6.45) is 1.73. The number of phenolic OH excluding ortho intramolecular Hbond substituents is 1. The summed E-state index contributed by atoms with van der Waals surface area (Å²) in [4.78, 5) is 4.26. The minimum atomic E-state index is 0.323. The Morgan fingerprint density at radius 2 is 2.14 bits per heavy atom. The summed E-state index contributed by atoms with van der Waals surface area (Å²) >= 11 is 0. The van der Waals surface area contributed by atoms with Gasteiger partial charge in [0.1, 0.15) is 5.75 Å². The standard InChI is InChI=1S/C12H9NO/c1-7-5-11(14)9-6-13-10-4-2-3-8(7)12(9)10/h2-6,14H,1H3. The van der Waals surface area contributed by atoms with Gasteiger partial charge in [0.2, 0.25) is 0 Å². The summed E-state index contributed by atoms with van der Waals surface area (Å²) in [7, 11) is 0. The van der Waals surface area contributed by atoms with E-state index in [0.717, 1.165) is 22.2 Å². The van der Waals surface area contributed by atoms with Crippen molar-refractivity contribution in [3.63, 3.8) is 0 Å². The van der Waals surface area contributed by atoms with E-state index < -0.39 is 0 Å². The fourth-order valence-corrected chi connectivity index (χ4v) is 2.01. The molecule has 0 radical (unpaired) electrons. The van der Waals surface area contributed by atoms with Gasteiger partial charge in [-0.15, -0.1) is 0 Å². The SMILES string of the molecule is Cc1cc(O)c2c3c(cccc13)N=C2. The third kappa shape index (κ3) is 0.777. The zero-order chi connectivity index (χ0) is 9.71. The van der Waals surface area contributed by atoms with Gasteiger partial charge in [0.25, 0.3) is 0 Å². The first-order valence-electron chi connectivity index (χ1n) is 4.57. The second kappa shape index (κ2) is 2.35. The molecule has 0 spiro atoms. The Morgan fingerprint density at radius 1 is 1.29 bits per heavy atom. The number of hydrogen-bond acceptors (Lipinski definition) is 2. The van der Waals surface area contributed by atoms with Crippen LogP contribution in [0.1, 0.15) is 11.1 Å². The molecule has 2 aromatic carbocycles. The number of phenols is 1. The van der Waals surface area contributed by atoms with Crippen LogP contribution in [0.15, 0.2) is 29.3 Å². The molecule has 3 rings (SSSR count). The van der Waals surface area contributed by atoms with Crippen LogP contribution in [0.25, 0.3) is 10.8 Å². The first-order chi connectivity index (χ1) is 6.77. The zero-order valence-electron chi connectivity index (χ0n) is 7.78. The van der Waals surface area contributed by atoms with Crippen molar-refractivity contribution >= 4 is 22.7 Å². The van der Waals surface area contributed by atoms with Crippen molar-refractivity contribution in [3.05, 3.63) is 35.4 Å². The average Bonchev–Trinajstić information content (AvgIpc) is 2.59. The maximum atomic E-state index is 9.73. The van der Waals surface area contributed by atoms with Gasteiger partial charge < -0.3 is 5.11 Å². The van der Waals surface area contributed by atoms with Gasteiger partial charge in [-0.2, -0.15) is 0 Å². The van der Waals surface area contributed by atoms with E-state index in [1.165, 1.54) is 5.39 Å². The number of aliphatic imine (C=N–C) groups is 1. The lowest BCUT2D eigenvalue weighted by Gasteiger charge is -2.05. The molecule has 2 heteroatoms. The molecule has 68 valence electrons. The first-order valence-corrected chi connectivity index (χ1v) is 4.57. The van der Waals surface area contributed by atoms with E-state index in [0.29, 0.717) is 5.75 Å². The van der Waals surface area contributed by atoms with Gasteiger partial charge >= 0.3 is 0 Å². The highest BCUT2D eigenvalue weighted by molar-refractivity contribution is 6.13. The molecule has 14 heavy (non-hydrogen) atoms. The molecular formula is C12H9NO. The molecule has 1 N–H and O–H groups in total. The van der Waals surface area contributed by atoms with Crippen molar-refractivity contribution in [2.45, 2.75) is 6.92 Å². The fraction of sp³-hybridized carbons (Fsp3) is 0.0833. The van der Waals surface area contributed by atoms with Gasteiger partial charge in [-0.25, -0.2) is 0 Å². The molecule has 0 aromatic heterocycles. The first kappa shape index (κ1) is 7.56. The number of aryl methyl sites for hydroxylation is 1. The molecule has 1 heterocycles. The normalized spacial score (nSPS) is 12.6. The molecule has 0 atom stereocenters. The smallest absolute Gasteiger partial charge is 0.125 e. The van der Waals surface area contributed by atoms with Crippen molar-refractivity contribution in [2.75, 3.05) is 0 Å². The van der Waals surface area contributed by atoms with Crippen LogP contribution in [0.4, 0.5) is 5.69 Å². The summed E-state index contributed by atoms with van der Waals surface area (Å²) < 4.78 is 0. The number of aromatic hydroxyl groups is 1. The highest BCUT2D eigenvalue weighted by Crippen LogP contribution is 2.38. The van der Waals surface area contributed by atoms with Crippen LogP contribution in [0.2, 0.25) is 0 Å². The van der Waals surface area contributed by atoms with E-state index in [2.05, 4.69) is 11.1 Å². The second-order valence-corrected chi connectivity index (χ2v) is 3.58. The molecule has 0 saturated heterocycles. The Labute approximate surface area is 81.5 Å². The highest BCUT2D eigenvalue weighted by Gasteiger charge is 2.15. The molecule has 2 aromatic rings. The number of nitrogens with zero attached hydrogens (tertiary/aromatic N) is 1. The summed E-state index contributed by atoms with van der Waals surface area (Å²) in [5.41, 5.74) is 2.89. The lowest BCUT2D eigenvalue weighted by molar-refractivity contribution is 0.475. The van der Waals surface area contributed by atoms with Crippen LogP contribution in [-0.4, -0.2) is 11.3 Å². The number of hydrogen-bond donors (Lipinski definition) is 1. The molecule has 0 unspecified atom stereocenters. The average molecular weight is 183 g/mol. The number of benzene rings is 2. The van der Waals surface area contributed by atoms with Crippen molar-refractivity contribution in [2.24, 2.45) is 4.99 Å². The van der Waals surface area contributed by atoms with Crippen LogP contribution < -0.4 is 0 Å². The summed E-state index contributed by atoms with van der Waals surface area (Å²) in [5, 5.41) is 12.0. The maximum absolute atomic E-state index is 9.73. The molecule has 2 nitrogen and oxygen atoms in total. The Balaban J connectivity index is 2.63. The lowest BCUT2D eigenvalue weighted by atomic mass is 10.00. The van der Waals surface area contributed by atoms with Gasteiger partial charge in [-0.1, -0.05) is 12.1 Å². The predicted octanol–water partition coefficient (Wildman–Crippen LogP) is 2.92. The Morgan fingerprint density at radius 3 is 3.00 bits per heavy atom. The van der Waals surface area contributed by atoms with E-state index >= 15 is 0 Å². The van der Waals surface area contributed by atoms with Crippen molar-refractivity contribution in [1.82, 2.24) is 0 Å². The van der Waals surface area contributed by atoms with Gasteiger partial charge in [0, 0.05) is 17.2 Å². The largest absolute Gasteiger partial charge is 0.507 e. The molecule has 0 saturated carbocycles. The Bertz CT molecular complexity index is 570. The molecule has 0 aliphatic carbocycles. The quantitative estimate of drug-likeness (QED) is 0.571. The number of rotatable bonds is 0. The molecule has 0 fully saturated rings. The van der Waals surface area contributed by atoms with E-state index in [9.17, 15) is 5.11 Å². The van der Waals surface area contributed by atoms with Crippen LogP contribution in [0, 0.1) is 6.92 Å². The fourth-order valence-electron chi connectivity index (χ4n) is 2.01. The topological polar surface area (TPSA) is 32.6 Å². The van der Waals surface area contributed by atoms with Crippen LogP contribution in [0.5, 0.6) is 5.75 Å². The molecule has 0 amide bonds. The molecule has 0 bridgehead atoms. The monoisotopic (exact) mass is 183 g/mol. The van der Waals surface area contributed by atoms with Crippen molar-refractivity contribution in [3.8, 4) is 5.75 Å². The molecule has 1 aliphatic rings. The van der Waals surface area contributed by atoms with Crippen LogP contribution >= 0.6 is 0 Å². The van der Waals surface area contributed by atoms with Crippen molar-refractivity contribution < 1.29 is 5.11 Å². The Hall–Kier alpha value is -1.83. The van der Waals surface area contributed by atoms with Gasteiger partial charge in [0.15, 0.2) is 0 Å². The molecular weight excluding hydrogens is 174 g/mol. The highest BCUT2D eigenvalue weighted by atomic mass is 16.3. The van der Waals surface area contributed by atoms with Crippen molar-refractivity contribution in [1.29, 1.82) is 0 Å². The van der Waals surface area contributed by atoms with E-state index in [1.807, 2.05) is 19.1 Å². The minimum Gasteiger partial charge on any atom is -0.507 e. The third-order valence-corrected chi connectivity index (χ3v) is 2.70. The second-order valence-electron chi connectivity index (χ2n) is 3.58. The minimum absolute atomic E-state index is 0.323. The third-order valence-electron chi connectivity index (χ3n) is 2.70. The zero-order valence-corrected chi connectivity index (χ0v) is 7.78. The van der Waals surface area contributed by atoms with E-state index in [-0.39, 0.29) is 0 Å². The summed E-state index contributed by atoms with van der Waals surface area (Å²) in [6.45, 7) is 2.00. The van der Waals surface area contributed by atoms with Crippen LogP contribution in [-0.2, 0) is 0 Å². The van der Waals surface area contributed by atoms with Gasteiger partial charge in [-0.3, -0.25) is 4.99 Å². The Kier molecular flexibility index (Phi) is 1.27. The van der Waals surface area contributed by atoms with Crippen LogP contribution in [0.3, 0.4) is 0 Å². The predicted molar refractivity (Wildman–Crippen MR) is 57.6 cm³/mol. The van der Waals surface area contributed by atoms with Gasteiger partial charge in [-0.05, 0) is 30.0 Å². The maximum Gasteiger partial charge on any atom is 0.125 e. The van der Waals surface area contributed by atoms with E-state index in [1.54, 1.807) is 12.3 Å². The summed E-state index contributed by atoms with van der Waals surface area (Å²) in [6, 6.07) is 7.81. The van der Waals surface area contributed by atoms with Gasteiger partial charge in [0.05, 0.1) is 5.69 Å². The summed E-state index contributed by atoms with van der Waals surface area (Å²) in [5.74, 6) is 0.323. The lowest BCUT2D eigenvalue weighted by Crippen LogP contribution is -1.84.